The molecule has 1 aliphatic rings. The minimum Gasteiger partial charge on any atom is -0.496 e. The molecule has 0 fully saturated rings. The summed E-state index contributed by atoms with van der Waals surface area (Å²) in [6.07, 6.45) is 0.599. The molecule has 36 heavy (non-hydrogen) atoms. The molecular weight excluding hydrogens is 462 g/mol. The van der Waals surface area contributed by atoms with Gasteiger partial charge in [0.05, 0.1) is 21.3 Å². The number of fused-ring (bicyclic) bond motifs is 5. The molecule has 0 aromatic heterocycles. The summed E-state index contributed by atoms with van der Waals surface area (Å²) in [5, 5.41) is 8.72. The topological polar surface area (TPSA) is 115 Å². The number of esters is 1. The number of hydrogen-bond donors (Lipinski definition) is 3. The number of rotatable bonds is 6. The first-order valence-electron chi connectivity index (χ1n) is 11.9. The van der Waals surface area contributed by atoms with Crippen LogP contribution < -0.4 is 25.4 Å². The van der Waals surface area contributed by atoms with Crippen LogP contribution >= 0.6 is 0 Å². The molecule has 3 atom stereocenters. The minimum atomic E-state index is -0.938. The van der Waals surface area contributed by atoms with Crippen molar-refractivity contribution in [1.29, 1.82) is 0 Å². The molecule has 2 aromatic rings. The molecule has 0 radical (unpaired) electrons. The number of nitrogens with one attached hydrogen (secondary N) is 3. The maximum atomic E-state index is 13.4. The average Bonchev–Trinajstić information content (AvgIpc) is 2.86. The Balaban J connectivity index is 2.23. The lowest BCUT2D eigenvalue weighted by molar-refractivity contribution is -0.145. The molecule has 2 aromatic carbocycles. The summed E-state index contributed by atoms with van der Waals surface area (Å²) in [5.74, 6) is -0.0452. The van der Waals surface area contributed by atoms with Crippen molar-refractivity contribution < 1.29 is 28.6 Å². The fraction of sp³-hybridized carbons (Fsp3) is 0.444. The Labute approximate surface area is 211 Å². The second-order valence-electron chi connectivity index (χ2n) is 9.20. The third-order valence-corrected chi connectivity index (χ3v) is 6.24. The zero-order valence-electron chi connectivity index (χ0n) is 21.6. The largest absolute Gasteiger partial charge is 0.496 e. The number of benzene rings is 2. The van der Waals surface area contributed by atoms with Gasteiger partial charge in [0.15, 0.2) is 0 Å². The van der Waals surface area contributed by atoms with Gasteiger partial charge in [0, 0.05) is 17.5 Å². The van der Waals surface area contributed by atoms with Gasteiger partial charge in [0.2, 0.25) is 11.8 Å². The highest BCUT2D eigenvalue weighted by molar-refractivity contribution is 5.93. The van der Waals surface area contributed by atoms with Crippen LogP contribution in [0.3, 0.4) is 0 Å². The predicted molar refractivity (Wildman–Crippen MR) is 136 cm³/mol. The van der Waals surface area contributed by atoms with Crippen molar-refractivity contribution in [3.05, 3.63) is 47.5 Å². The summed E-state index contributed by atoms with van der Waals surface area (Å²) in [7, 11) is 6.11. The SMILES string of the molecule is CN[C@@H]1C(=O)N[C@@H](CC(C)C)C(=O)N[C@H](C(=O)OC)Cc2ccc(OC)c(c2)-c2cc1ccc2OC. The van der Waals surface area contributed by atoms with Crippen LogP contribution in [0.1, 0.15) is 37.4 Å². The van der Waals surface area contributed by atoms with Crippen LogP contribution in [0.4, 0.5) is 0 Å². The van der Waals surface area contributed by atoms with Crippen molar-refractivity contribution in [2.75, 3.05) is 28.4 Å². The Morgan fingerprint density at radius 2 is 1.61 bits per heavy atom. The third-order valence-electron chi connectivity index (χ3n) is 6.24. The van der Waals surface area contributed by atoms with E-state index in [-0.39, 0.29) is 18.2 Å². The highest BCUT2D eigenvalue weighted by Crippen LogP contribution is 2.39. The van der Waals surface area contributed by atoms with Crippen LogP contribution in [0.5, 0.6) is 11.5 Å². The molecule has 1 heterocycles. The van der Waals surface area contributed by atoms with Gasteiger partial charge in [-0.1, -0.05) is 26.0 Å². The van der Waals surface area contributed by atoms with Crippen molar-refractivity contribution in [1.82, 2.24) is 16.0 Å². The molecule has 0 saturated carbocycles. The second kappa shape index (κ2) is 11.9. The van der Waals surface area contributed by atoms with Crippen LogP contribution in [-0.4, -0.2) is 58.2 Å². The van der Waals surface area contributed by atoms with Crippen molar-refractivity contribution in [3.63, 3.8) is 0 Å². The molecule has 3 N–H and O–H groups in total. The van der Waals surface area contributed by atoms with Gasteiger partial charge in [-0.15, -0.1) is 0 Å². The molecule has 1 aliphatic heterocycles. The fourth-order valence-electron chi connectivity index (χ4n) is 4.46. The van der Waals surface area contributed by atoms with Gasteiger partial charge >= 0.3 is 5.97 Å². The molecule has 0 spiro atoms. The lowest BCUT2D eigenvalue weighted by Gasteiger charge is -2.26. The molecule has 4 bridgehead atoms. The smallest absolute Gasteiger partial charge is 0.328 e. The van der Waals surface area contributed by atoms with Gasteiger partial charge in [-0.25, -0.2) is 4.79 Å². The average molecular weight is 498 g/mol. The van der Waals surface area contributed by atoms with Crippen molar-refractivity contribution >= 4 is 17.8 Å². The number of ether oxygens (including phenoxy) is 3. The first kappa shape index (κ1) is 27.0. The summed E-state index contributed by atoms with van der Waals surface area (Å²) >= 11 is 0. The van der Waals surface area contributed by atoms with Gasteiger partial charge in [-0.3, -0.25) is 9.59 Å². The lowest BCUT2D eigenvalue weighted by Crippen LogP contribution is -2.54. The Bertz CT molecular complexity index is 1120. The quantitative estimate of drug-likeness (QED) is 0.525. The van der Waals surface area contributed by atoms with Crippen LogP contribution in [0.25, 0.3) is 11.1 Å². The first-order valence-corrected chi connectivity index (χ1v) is 11.9. The maximum absolute atomic E-state index is 13.4. The molecule has 0 unspecified atom stereocenters. The van der Waals surface area contributed by atoms with E-state index in [4.69, 9.17) is 14.2 Å². The molecule has 2 amide bonds. The Hall–Kier alpha value is -3.59. The number of carbonyl (C=O) groups is 3. The van der Waals surface area contributed by atoms with Gasteiger partial charge in [-0.2, -0.15) is 0 Å². The van der Waals surface area contributed by atoms with E-state index in [0.29, 0.717) is 23.5 Å². The number of carbonyl (C=O) groups excluding carboxylic acids is 3. The number of likely N-dealkylation sites (N-methyl/N-ethyl adjacent to an activating group) is 1. The van der Waals surface area contributed by atoms with Crippen LogP contribution in [0.2, 0.25) is 0 Å². The lowest BCUT2D eigenvalue weighted by atomic mass is 9.93. The molecular formula is C27H35N3O6. The fourth-order valence-corrected chi connectivity index (χ4v) is 4.46. The molecule has 0 aliphatic carbocycles. The summed E-state index contributed by atoms with van der Waals surface area (Å²) in [6.45, 7) is 3.93. The van der Waals surface area contributed by atoms with Crippen molar-refractivity contribution in [3.8, 4) is 22.6 Å². The predicted octanol–water partition coefficient (Wildman–Crippen LogP) is 2.38. The monoisotopic (exact) mass is 497 g/mol. The number of amides is 2. The van der Waals surface area contributed by atoms with Crippen molar-refractivity contribution in [2.45, 2.75) is 44.8 Å². The van der Waals surface area contributed by atoms with Crippen molar-refractivity contribution in [2.24, 2.45) is 5.92 Å². The highest BCUT2D eigenvalue weighted by Gasteiger charge is 2.31. The van der Waals surface area contributed by atoms with E-state index in [0.717, 1.165) is 16.7 Å². The standard InChI is InChI=1S/C27H35N3O6/c1-15(2)11-20-25(31)30-21(27(33)36-6)13-16-7-9-22(34-4)18(12-16)19-14-17(8-10-23(19)35-5)24(28-3)26(32)29-20/h7-10,12,14-15,20-21,24,28H,11,13H2,1-6H3,(H,29,32)(H,30,31)/t20-,21-,24-/m0/s1. The highest BCUT2D eigenvalue weighted by atomic mass is 16.5. The zero-order valence-corrected chi connectivity index (χ0v) is 21.6. The molecule has 9 nitrogen and oxygen atoms in total. The summed E-state index contributed by atoms with van der Waals surface area (Å²) in [6, 6.07) is 8.55. The molecule has 9 heteroatoms. The van der Waals surface area contributed by atoms with E-state index >= 15 is 0 Å². The Morgan fingerprint density at radius 3 is 2.19 bits per heavy atom. The summed E-state index contributed by atoms with van der Waals surface area (Å²) in [4.78, 5) is 39.3. The van der Waals surface area contributed by atoms with Crippen LogP contribution in [0.15, 0.2) is 36.4 Å². The third kappa shape index (κ3) is 5.96. The molecule has 0 saturated heterocycles. The van der Waals surface area contributed by atoms with Crippen LogP contribution in [-0.2, 0) is 25.5 Å². The van der Waals surface area contributed by atoms with Gasteiger partial charge in [-0.05, 0) is 54.8 Å². The second-order valence-corrected chi connectivity index (χ2v) is 9.20. The van der Waals surface area contributed by atoms with E-state index < -0.39 is 30.0 Å². The first-order chi connectivity index (χ1) is 17.2. The van der Waals surface area contributed by atoms with E-state index in [2.05, 4.69) is 16.0 Å². The Morgan fingerprint density at radius 1 is 0.972 bits per heavy atom. The zero-order chi connectivity index (χ0) is 26.4. The summed E-state index contributed by atoms with van der Waals surface area (Å²) < 4.78 is 16.2. The van der Waals surface area contributed by atoms with E-state index in [1.807, 2.05) is 44.2 Å². The normalized spacial score (nSPS) is 20.1. The maximum Gasteiger partial charge on any atom is 0.328 e. The minimum absolute atomic E-state index is 0.126. The van der Waals surface area contributed by atoms with Gasteiger partial charge < -0.3 is 30.2 Å². The number of hydrogen-bond acceptors (Lipinski definition) is 7. The van der Waals surface area contributed by atoms with Crippen LogP contribution in [0, 0.1) is 5.92 Å². The number of methoxy groups -OCH3 is 3. The summed E-state index contributed by atoms with van der Waals surface area (Å²) in [5.41, 5.74) is 2.96. The van der Waals surface area contributed by atoms with E-state index in [1.165, 1.54) is 7.11 Å². The molecule has 3 rings (SSSR count). The Kier molecular flexibility index (Phi) is 8.93. The van der Waals surface area contributed by atoms with E-state index in [9.17, 15) is 14.4 Å². The molecule has 194 valence electrons. The van der Waals surface area contributed by atoms with Gasteiger partial charge in [0.1, 0.15) is 29.6 Å². The van der Waals surface area contributed by atoms with Gasteiger partial charge in [0.25, 0.3) is 0 Å². The van der Waals surface area contributed by atoms with E-state index in [1.54, 1.807) is 27.3 Å².